The molecule has 2 heterocycles. The second-order valence-corrected chi connectivity index (χ2v) is 6.80. The molecule has 1 aliphatic rings. The molecule has 1 amide bonds. The molecule has 5 nitrogen and oxygen atoms in total. The van der Waals surface area contributed by atoms with Crippen LogP contribution in [0.3, 0.4) is 0 Å². The number of rotatable bonds is 5. The number of carbonyl (C=O) groups is 1. The van der Waals surface area contributed by atoms with E-state index in [0.717, 1.165) is 42.9 Å². The Kier molecular flexibility index (Phi) is 5.28. The molecule has 0 saturated carbocycles. The molecule has 0 aliphatic carbocycles. The Bertz CT molecular complexity index is 954. The first-order valence-electron chi connectivity index (χ1n) is 9.41. The van der Waals surface area contributed by atoms with E-state index in [1.54, 1.807) is 18.2 Å². The number of hydrogen-bond donors (Lipinski definition) is 1. The molecular weight excluding hydrogens is 355 g/mol. The molecule has 4 rings (SSSR count). The SMILES string of the molecule is O=C(NCc1ccc(F)cc1)c1cc(N2CCCC2)nc(-c2ccccc2)n1. The lowest BCUT2D eigenvalue weighted by molar-refractivity contribution is 0.0946. The zero-order chi connectivity index (χ0) is 19.3. The summed E-state index contributed by atoms with van der Waals surface area (Å²) >= 11 is 0. The molecule has 3 aromatic rings. The lowest BCUT2D eigenvalue weighted by atomic mass is 10.2. The van der Waals surface area contributed by atoms with Crippen LogP contribution in [0.5, 0.6) is 0 Å². The molecule has 0 radical (unpaired) electrons. The third-order valence-electron chi connectivity index (χ3n) is 4.77. The van der Waals surface area contributed by atoms with Crippen molar-refractivity contribution in [3.05, 3.63) is 77.7 Å². The maximum Gasteiger partial charge on any atom is 0.270 e. The smallest absolute Gasteiger partial charge is 0.270 e. The van der Waals surface area contributed by atoms with Gasteiger partial charge < -0.3 is 10.2 Å². The molecular formula is C22H21FN4O. The highest BCUT2D eigenvalue weighted by atomic mass is 19.1. The van der Waals surface area contributed by atoms with E-state index in [-0.39, 0.29) is 11.7 Å². The summed E-state index contributed by atoms with van der Waals surface area (Å²) in [6.07, 6.45) is 2.24. The van der Waals surface area contributed by atoms with Crippen molar-refractivity contribution in [2.75, 3.05) is 18.0 Å². The first-order valence-corrected chi connectivity index (χ1v) is 9.41. The summed E-state index contributed by atoms with van der Waals surface area (Å²) in [6.45, 7) is 2.17. The van der Waals surface area contributed by atoms with Crippen molar-refractivity contribution < 1.29 is 9.18 Å². The average molecular weight is 376 g/mol. The third kappa shape index (κ3) is 4.17. The average Bonchev–Trinajstić information content (AvgIpc) is 3.28. The summed E-state index contributed by atoms with van der Waals surface area (Å²) in [7, 11) is 0. The van der Waals surface area contributed by atoms with Crippen LogP contribution >= 0.6 is 0 Å². The minimum Gasteiger partial charge on any atom is -0.356 e. The quantitative estimate of drug-likeness (QED) is 0.736. The summed E-state index contributed by atoms with van der Waals surface area (Å²) in [5, 5.41) is 2.86. The fourth-order valence-electron chi connectivity index (χ4n) is 3.25. The van der Waals surface area contributed by atoms with Gasteiger partial charge in [0.05, 0.1) is 0 Å². The van der Waals surface area contributed by atoms with Crippen LogP contribution in [0.15, 0.2) is 60.7 Å². The molecule has 1 saturated heterocycles. The van der Waals surface area contributed by atoms with E-state index in [0.29, 0.717) is 18.1 Å². The van der Waals surface area contributed by atoms with Gasteiger partial charge in [-0.1, -0.05) is 42.5 Å². The van der Waals surface area contributed by atoms with Crippen LogP contribution in [-0.4, -0.2) is 29.0 Å². The Morgan fingerprint density at radius 3 is 2.43 bits per heavy atom. The Morgan fingerprint density at radius 2 is 1.71 bits per heavy atom. The first-order chi connectivity index (χ1) is 13.7. The maximum atomic E-state index is 13.0. The summed E-state index contributed by atoms with van der Waals surface area (Å²) < 4.78 is 13.0. The molecule has 1 fully saturated rings. The molecule has 28 heavy (non-hydrogen) atoms. The van der Waals surface area contributed by atoms with Gasteiger partial charge in [0, 0.05) is 31.3 Å². The van der Waals surface area contributed by atoms with Gasteiger partial charge in [0.15, 0.2) is 5.82 Å². The van der Waals surface area contributed by atoms with Gasteiger partial charge in [0.25, 0.3) is 5.91 Å². The van der Waals surface area contributed by atoms with Crippen LogP contribution in [0.25, 0.3) is 11.4 Å². The van der Waals surface area contributed by atoms with Crippen molar-refractivity contribution in [3.8, 4) is 11.4 Å². The second kappa shape index (κ2) is 8.17. The summed E-state index contributed by atoms with van der Waals surface area (Å²) in [5.74, 6) is 0.744. The minimum atomic E-state index is -0.298. The van der Waals surface area contributed by atoms with E-state index < -0.39 is 0 Å². The molecule has 6 heteroatoms. The van der Waals surface area contributed by atoms with Crippen molar-refractivity contribution in [3.63, 3.8) is 0 Å². The summed E-state index contributed by atoms with van der Waals surface area (Å²) in [6, 6.07) is 17.5. The summed E-state index contributed by atoms with van der Waals surface area (Å²) in [4.78, 5) is 24.1. The highest BCUT2D eigenvalue weighted by Crippen LogP contribution is 2.23. The molecule has 1 aromatic heterocycles. The molecule has 1 aliphatic heterocycles. The predicted octanol–water partition coefficient (Wildman–Crippen LogP) is 3.81. The van der Waals surface area contributed by atoms with E-state index in [2.05, 4.69) is 20.2 Å². The van der Waals surface area contributed by atoms with Crippen molar-refractivity contribution in [1.82, 2.24) is 15.3 Å². The van der Waals surface area contributed by atoms with Crippen LogP contribution in [-0.2, 0) is 6.54 Å². The standard InChI is InChI=1S/C22H21FN4O/c23-18-10-8-16(9-11-18)15-24-22(28)19-14-20(27-12-4-5-13-27)26-21(25-19)17-6-2-1-3-7-17/h1-3,6-11,14H,4-5,12-13,15H2,(H,24,28). The number of hydrogen-bond acceptors (Lipinski definition) is 4. The number of carbonyl (C=O) groups excluding carboxylic acids is 1. The number of nitrogens with one attached hydrogen (secondary N) is 1. The molecule has 2 aromatic carbocycles. The van der Waals surface area contributed by atoms with Crippen LogP contribution in [0.1, 0.15) is 28.9 Å². The Balaban J connectivity index is 1.60. The van der Waals surface area contributed by atoms with E-state index in [9.17, 15) is 9.18 Å². The van der Waals surface area contributed by atoms with Gasteiger partial charge in [0.1, 0.15) is 17.3 Å². The van der Waals surface area contributed by atoms with Gasteiger partial charge in [-0.15, -0.1) is 0 Å². The minimum absolute atomic E-state index is 0.274. The van der Waals surface area contributed by atoms with Crippen molar-refractivity contribution >= 4 is 11.7 Å². The number of amides is 1. The zero-order valence-electron chi connectivity index (χ0n) is 15.4. The van der Waals surface area contributed by atoms with Gasteiger partial charge >= 0.3 is 0 Å². The van der Waals surface area contributed by atoms with E-state index in [4.69, 9.17) is 0 Å². The molecule has 1 N–H and O–H groups in total. The molecule has 0 spiro atoms. The van der Waals surface area contributed by atoms with Gasteiger partial charge in [-0.3, -0.25) is 4.79 Å². The number of nitrogens with zero attached hydrogens (tertiary/aromatic N) is 3. The zero-order valence-corrected chi connectivity index (χ0v) is 15.4. The van der Waals surface area contributed by atoms with Gasteiger partial charge in [0.2, 0.25) is 0 Å². The van der Waals surface area contributed by atoms with E-state index in [1.165, 1.54) is 12.1 Å². The Hall–Kier alpha value is -3.28. The van der Waals surface area contributed by atoms with Crippen LogP contribution in [0.2, 0.25) is 0 Å². The number of aromatic nitrogens is 2. The number of benzene rings is 2. The topological polar surface area (TPSA) is 58.1 Å². The van der Waals surface area contributed by atoms with Crippen molar-refractivity contribution in [1.29, 1.82) is 0 Å². The normalized spacial score (nSPS) is 13.5. The van der Waals surface area contributed by atoms with Crippen LogP contribution in [0, 0.1) is 5.82 Å². The fourth-order valence-corrected chi connectivity index (χ4v) is 3.25. The van der Waals surface area contributed by atoms with Crippen molar-refractivity contribution in [2.24, 2.45) is 0 Å². The van der Waals surface area contributed by atoms with E-state index in [1.807, 2.05) is 30.3 Å². The Morgan fingerprint density at radius 1 is 1.00 bits per heavy atom. The van der Waals surface area contributed by atoms with Gasteiger partial charge in [-0.25, -0.2) is 14.4 Å². The third-order valence-corrected chi connectivity index (χ3v) is 4.77. The van der Waals surface area contributed by atoms with Gasteiger partial charge in [-0.2, -0.15) is 0 Å². The second-order valence-electron chi connectivity index (χ2n) is 6.80. The monoisotopic (exact) mass is 376 g/mol. The number of anilines is 1. The highest BCUT2D eigenvalue weighted by Gasteiger charge is 2.19. The van der Waals surface area contributed by atoms with Crippen LogP contribution in [0.4, 0.5) is 10.2 Å². The van der Waals surface area contributed by atoms with E-state index >= 15 is 0 Å². The molecule has 142 valence electrons. The lowest BCUT2D eigenvalue weighted by Crippen LogP contribution is -2.26. The first kappa shape index (κ1) is 18.1. The fraction of sp³-hybridized carbons (Fsp3) is 0.227. The maximum absolute atomic E-state index is 13.0. The Labute approximate surface area is 163 Å². The molecule has 0 unspecified atom stereocenters. The molecule has 0 bridgehead atoms. The molecule has 0 atom stereocenters. The van der Waals surface area contributed by atoms with Crippen molar-refractivity contribution in [2.45, 2.75) is 19.4 Å². The highest BCUT2D eigenvalue weighted by molar-refractivity contribution is 5.93. The lowest BCUT2D eigenvalue weighted by Gasteiger charge is -2.18. The largest absolute Gasteiger partial charge is 0.356 e. The summed E-state index contributed by atoms with van der Waals surface area (Å²) in [5.41, 5.74) is 2.03. The predicted molar refractivity (Wildman–Crippen MR) is 106 cm³/mol. The van der Waals surface area contributed by atoms with Crippen LogP contribution < -0.4 is 10.2 Å². The number of halogens is 1. The van der Waals surface area contributed by atoms with Gasteiger partial charge in [-0.05, 0) is 30.5 Å².